The van der Waals surface area contributed by atoms with E-state index >= 15 is 0 Å². The van der Waals surface area contributed by atoms with Gasteiger partial charge < -0.3 is 4.57 Å². The summed E-state index contributed by atoms with van der Waals surface area (Å²) in [6.45, 7) is 2.30. The van der Waals surface area contributed by atoms with Crippen molar-refractivity contribution in [1.29, 1.82) is 0 Å². The van der Waals surface area contributed by atoms with Crippen molar-refractivity contribution in [2.24, 2.45) is 10.2 Å². The number of hydrogen-bond acceptors (Lipinski definition) is 4. The van der Waals surface area contributed by atoms with Crippen molar-refractivity contribution in [2.45, 2.75) is 70.3 Å². The molecule has 0 saturated heterocycles. The Balaban J connectivity index is 1.19. The smallest absolute Gasteiger partial charge is 0.0590 e. The maximum atomic E-state index is 4.82. The lowest BCUT2D eigenvalue weighted by molar-refractivity contribution is 0.420. The van der Waals surface area contributed by atoms with Crippen molar-refractivity contribution in [3.8, 4) is 11.1 Å². The maximum absolute atomic E-state index is 4.82. The molecule has 6 aromatic carbocycles. The average Bonchev–Trinajstić information content (AvgIpc) is 3.76. The second kappa shape index (κ2) is 17.2. The summed E-state index contributed by atoms with van der Waals surface area (Å²) in [4.78, 5) is 0. The van der Waals surface area contributed by atoms with E-state index in [1.54, 1.807) is 0 Å². The number of aromatic nitrogens is 1. The number of hydrazone groups is 2. The SMILES string of the molecule is CCCCCCCCCC(C1c2ccccc2-c2cc(/C=N/N(C)c3ccccc3)ccc21)n1c2ccccc2c2cc(/C=N/N(C)c3ccccc3)ccc21. The first-order valence-electron chi connectivity index (χ1n) is 20.5. The first kappa shape index (κ1) is 37.0. The van der Waals surface area contributed by atoms with Crippen LogP contribution < -0.4 is 10.0 Å². The van der Waals surface area contributed by atoms with E-state index in [1.165, 1.54) is 89.0 Å². The minimum atomic E-state index is 0.221. The monoisotopic (exact) mass is 735 g/mol. The first-order valence-corrected chi connectivity index (χ1v) is 20.5. The Hall–Kier alpha value is -5.94. The van der Waals surface area contributed by atoms with Crippen molar-refractivity contribution in [3.63, 3.8) is 0 Å². The molecule has 1 aliphatic carbocycles. The molecular formula is C51H53N5. The highest BCUT2D eigenvalue weighted by Crippen LogP contribution is 2.52. The van der Waals surface area contributed by atoms with Crippen LogP contribution in [0.5, 0.6) is 0 Å². The van der Waals surface area contributed by atoms with Gasteiger partial charge in [0.05, 0.1) is 23.8 Å². The van der Waals surface area contributed by atoms with Crippen molar-refractivity contribution < 1.29 is 0 Å². The zero-order chi connectivity index (χ0) is 38.3. The number of nitrogens with zero attached hydrogens (tertiary/aromatic N) is 5. The van der Waals surface area contributed by atoms with Gasteiger partial charge in [-0.1, -0.05) is 149 Å². The van der Waals surface area contributed by atoms with Crippen molar-refractivity contribution >= 4 is 45.6 Å². The fraction of sp³-hybridized carbons (Fsp3) is 0.255. The van der Waals surface area contributed by atoms with E-state index in [4.69, 9.17) is 10.2 Å². The molecule has 5 nitrogen and oxygen atoms in total. The highest BCUT2D eigenvalue weighted by molar-refractivity contribution is 6.09. The van der Waals surface area contributed by atoms with Crippen LogP contribution in [0, 0.1) is 0 Å². The third kappa shape index (κ3) is 7.77. The molecular weight excluding hydrogens is 683 g/mol. The molecule has 0 radical (unpaired) electrons. The average molecular weight is 736 g/mol. The number of fused-ring (bicyclic) bond motifs is 6. The van der Waals surface area contributed by atoms with Crippen LogP contribution in [0.3, 0.4) is 0 Å². The van der Waals surface area contributed by atoms with E-state index in [0.717, 1.165) is 28.9 Å². The van der Waals surface area contributed by atoms with Gasteiger partial charge in [-0.05, 0) is 88.3 Å². The van der Waals surface area contributed by atoms with E-state index < -0.39 is 0 Å². The predicted molar refractivity (Wildman–Crippen MR) is 240 cm³/mol. The third-order valence-corrected chi connectivity index (χ3v) is 11.6. The molecule has 2 atom stereocenters. The second-order valence-electron chi connectivity index (χ2n) is 15.3. The van der Waals surface area contributed by atoms with Crippen LogP contribution in [-0.2, 0) is 0 Å². The standard InChI is InChI=1S/C51H53N5/c1-4-5-6-7-8-9-16-29-50(51-44-27-18-17-25-42(44)46-34-38(30-32-45(46)51)36-52-54(2)40-21-12-10-13-22-40)56-48-28-20-19-26-43(48)47-35-39(31-33-49(47)56)37-53-55(3)41-23-14-11-15-24-41/h10-15,17-28,30-37,50-51H,4-9,16,29H2,1-3H3/b52-36+,53-37+. The lowest BCUT2D eigenvalue weighted by Crippen LogP contribution is -2.18. The van der Waals surface area contributed by atoms with Crippen LogP contribution in [-0.4, -0.2) is 31.1 Å². The van der Waals surface area contributed by atoms with E-state index in [-0.39, 0.29) is 12.0 Å². The molecule has 0 amide bonds. The fourth-order valence-electron chi connectivity index (χ4n) is 8.70. The van der Waals surface area contributed by atoms with Crippen LogP contribution >= 0.6 is 0 Å². The Kier molecular flexibility index (Phi) is 11.4. The second-order valence-corrected chi connectivity index (χ2v) is 15.3. The number of hydrogen-bond donors (Lipinski definition) is 0. The minimum absolute atomic E-state index is 0.221. The van der Waals surface area contributed by atoms with Crippen molar-refractivity contribution in [2.75, 3.05) is 24.1 Å². The van der Waals surface area contributed by atoms with Crippen LogP contribution in [0.2, 0.25) is 0 Å². The predicted octanol–water partition coefficient (Wildman–Crippen LogP) is 13.2. The van der Waals surface area contributed by atoms with Crippen LogP contribution in [0.15, 0.2) is 156 Å². The number of para-hydroxylation sites is 3. The molecule has 2 unspecified atom stereocenters. The molecule has 0 saturated carbocycles. The summed E-state index contributed by atoms with van der Waals surface area (Å²) >= 11 is 0. The molecule has 282 valence electrons. The van der Waals surface area contributed by atoms with Gasteiger partial charge in [0.25, 0.3) is 0 Å². The summed E-state index contributed by atoms with van der Waals surface area (Å²) in [6, 6.07) is 52.8. The van der Waals surface area contributed by atoms with Crippen LogP contribution in [0.25, 0.3) is 32.9 Å². The molecule has 1 heterocycles. The van der Waals surface area contributed by atoms with Gasteiger partial charge in [0, 0.05) is 47.9 Å². The summed E-state index contributed by atoms with van der Waals surface area (Å²) in [6.07, 6.45) is 14.1. The topological polar surface area (TPSA) is 36.1 Å². The maximum Gasteiger partial charge on any atom is 0.0590 e. The van der Waals surface area contributed by atoms with Crippen molar-refractivity contribution in [3.05, 3.63) is 168 Å². The molecule has 0 N–H and O–H groups in total. The Bertz CT molecular complexity index is 2440. The lowest BCUT2D eigenvalue weighted by atomic mass is 9.85. The number of unbranched alkanes of at least 4 members (excludes halogenated alkanes) is 6. The van der Waals surface area contributed by atoms with E-state index in [2.05, 4.69) is 121 Å². The molecule has 0 spiro atoms. The fourth-order valence-corrected chi connectivity index (χ4v) is 8.70. The summed E-state index contributed by atoms with van der Waals surface area (Å²) in [5.41, 5.74) is 12.4. The minimum Gasteiger partial charge on any atom is -0.336 e. The molecule has 0 bridgehead atoms. The normalized spacial score (nSPS) is 14.2. The van der Waals surface area contributed by atoms with Gasteiger partial charge >= 0.3 is 0 Å². The molecule has 0 aliphatic heterocycles. The molecule has 1 aromatic heterocycles. The van der Waals surface area contributed by atoms with E-state index in [9.17, 15) is 0 Å². The van der Waals surface area contributed by atoms with E-state index in [1.807, 2.05) is 72.9 Å². The highest BCUT2D eigenvalue weighted by Gasteiger charge is 2.36. The quantitative estimate of drug-likeness (QED) is 0.0563. The van der Waals surface area contributed by atoms with Gasteiger partial charge in [-0.15, -0.1) is 0 Å². The third-order valence-electron chi connectivity index (χ3n) is 11.6. The lowest BCUT2D eigenvalue weighted by Gasteiger charge is -2.29. The number of rotatable bonds is 16. The van der Waals surface area contributed by atoms with E-state index in [0.29, 0.717) is 0 Å². The molecule has 7 aromatic rings. The van der Waals surface area contributed by atoms with Crippen molar-refractivity contribution in [1.82, 2.24) is 4.57 Å². The molecule has 0 fully saturated rings. The molecule has 56 heavy (non-hydrogen) atoms. The van der Waals surface area contributed by atoms with Gasteiger partial charge in [0.1, 0.15) is 0 Å². The molecule has 1 aliphatic rings. The first-order chi connectivity index (χ1) is 27.6. The van der Waals surface area contributed by atoms with Gasteiger partial charge in [-0.2, -0.15) is 10.2 Å². The van der Waals surface area contributed by atoms with Gasteiger partial charge in [0.2, 0.25) is 0 Å². The van der Waals surface area contributed by atoms with Gasteiger partial charge in [-0.25, -0.2) is 0 Å². The Labute approximate surface area is 332 Å². The van der Waals surface area contributed by atoms with Crippen LogP contribution in [0.1, 0.15) is 92.5 Å². The Morgan fingerprint density at radius 2 is 1.09 bits per heavy atom. The summed E-state index contributed by atoms with van der Waals surface area (Å²) < 4.78 is 2.69. The number of benzene rings is 6. The highest BCUT2D eigenvalue weighted by atomic mass is 15.4. The summed E-state index contributed by atoms with van der Waals surface area (Å²) in [5, 5.41) is 16.1. The summed E-state index contributed by atoms with van der Waals surface area (Å²) in [5.74, 6) is 0.221. The zero-order valence-electron chi connectivity index (χ0n) is 33.1. The van der Waals surface area contributed by atoms with Crippen LogP contribution in [0.4, 0.5) is 11.4 Å². The Morgan fingerprint density at radius 1 is 0.536 bits per heavy atom. The molecule has 5 heteroatoms. The zero-order valence-corrected chi connectivity index (χ0v) is 33.1. The Morgan fingerprint density at radius 3 is 1.80 bits per heavy atom. The number of anilines is 2. The summed E-state index contributed by atoms with van der Waals surface area (Å²) in [7, 11) is 4.00. The van der Waals surface area contributed by atoms with Gasteiger partial charge in [0.15, 0.2) is 0 Å². The largest absolute Gasteiger partial charge is 0.336 e. The van der Waals surface area contributed by atoms with Gasteiger partial charge in [-0.3, -0.25) is 10.0 Å². The molecule has 8 rings (SSSR count).